The van der Waals surface area contributed by atoms with E-state index in [1.54, 1.807) is 0 Å². The second kappa shape index (κ2) is 7.68. The standard InChI is InChI=1S/C21H20F3NO4/c22-17-7-19(24)18(23)6-16(17)21(27)8-14-11-28-12-15(9-21)25(14)20(26)29-10-13-4-2-1-3-5-13/h1-7,14-15,27H,8-12H2. The number of piperidine rings is 1. The van der Waals surface area contributed by atoms with Crippen molar-refractivity contribution in [3.63, 3.8) is 0 Å². The smallest absolute Gasteiger partial charge is 0.410 e. The Morgan fingerprint density at radius 2 is 1.69 bits per heavy atom. The first-order valence-corrected chi connectivity index (χ1v) is 9.31. The zero-order valence-electron chi connectivity index (χ0n) is 15.5. The van der Waals surface area contributed by atoms with Crippen LogP contribution in [0.25, 0.3) is 0 Å². The van der Waals surface area contributed by atoms with Crippen molar-refractivity contribution in [3.8, 4) is 0 Å². The molecule has 2 aliphatic rings. The summed E-state index contributed by atoms with van der Waals surface area (Å²) in [6, 6.07) is 9.14. The average molecular weight is 407 g/mol. The Balaban J connectivity index is 1.53. The zero-order valence-corrected chi connectivity index (χ0v) is 15.5. The molecule has 0 aliphatic carbocycles. The Morgan fingerprint density at radius 3 is 2.34 bits per heavy atom. The number of halogens is 3. The van der Waals surface area contributed by atoms with Gasteiger partial charge >= 0.3 is 6.09 Å². The molecule has 2 saturated heterocycles. The van der Waals surface area contributed by atoms with Crippen LogP contribution in [0.3, 0.4) is 0 Å². The SMILES string of the molecule is O=C(OCc1ccccc1)N1C2COCC1CC(O)(c1cc(F)c(F)cc1F)C2. The van der Waals surface area contributed by atoms with E-state index in [1.165, 1.54) is 4.90 Å². The fourth-order valence-corrected chi connectivity index (χ4v) is 4.17. The van der Waals surface area contributed by atoms with Gasteiger partial charge in [-0.1, -0.05) is 30.3 Å². The summed E-state index contributed by atoms with van der Waals surface area (Å²) in [6.07, 6.45) is -0.710. The van der Waals surface area contributed by atoms with Gasteiger partial charge in [0.25, 0.3) is 0 Å². The molecule has 0 saturated carbocycles. The molecule has 1 amide bonds. The number of hydrogen-bond acceptors (Lipinski definition) is 4. The molecule has 2 aromatic carbocycles. The maximum atomic E-state index is 14.3. The molecule has 0 aromatic heterocycles. The van der Waals surface area contributed by atoms with Crippen molar-refractivity contribution in [1.29, 1.82) is 0 Å². The highest BCUT2D eigenvalue weighted by Crippen LogP contribution is 2.42. The van der Waals surface area contributed by atoms with Gasteiger partial charge in [-0.2, -0.15) is 0 Å². The Kier molecular flexibility index (Phi) is 5.23. The van der Waals surface area contributed by atoms with Gasteiger partial charge in [-0.15, -0.1) is 0 Å². The summed E-state index contributed by atoms with van der Waals surface area (Å²) < 4.78 is 52.2. The molecule has 1 N–H and O–H groups in total. The van der Waals surface area contributed by atoms with Gasteiger partial charge in [0.1, 0.15) is 12.4 Å². The highest BCUT2D eigenvalue weighted by Gasteiger charge is 2.50. The van der Waals surface area contributed by atoms with Crippen molar-refractivity contribution in [2.45, 2.75) is 37.1 Å². The van der Waals surface area contributed by atoms with E-state index in [9.17, 15) is 23.1 Å². The van der Waals surface area contributed by atoms with Gasteiger partial charge in [-0.05, 0) is 11.6 Å². The molecule has 2 unspecified atom stereocenters. The molecule has 2 heterocycles. The number of aliphatic hydroxyl groups is 1. The second-order valence-corrected chi connectivity index (χ2v) is 7.48. The fourth-order valence-electron chi connectivity index (χ4n) is 4.17. The van der Waals surface area contributed by atoms with Gasteiger partial charge in [0.2, 0.25) is 0 Å². The van der Waals surface area contributed by atoms with Crippen molar-refractivity contribution >= 4 is 6.09 Å². The summed E-state index contributed by atoms with van der Waals surface area (Å²) in [5.74, 6) is -3.58. The largest absolute Gasteiger partial charge is 0.445 e. The van der Waals surface area contributed by atoms with E-state index in [1.807, 2.05) is 30.3 Å². The van der Waals surface area contributed by atoms with E-state index in [0.717, 1.165) is 5.56 Å². The van der Waals surface area contributed by atoms with E-state index >= 15 is 0 Å². The number of morpholine rings is 1. The third kappa shape index (κ3) is 3.82. The Hall–Kier alpha value is -2.58. The van der Waals surface area contributed by atoms with Crippen LogP contribution in [0.1, 0.15) is 24.0 Å². The Bertz CT molecular complexity index is 894. The van der Waals surface area contributed by atoms with E-state index in [4.69, 9.17) is 9.47 Å². The molecule has 2 aromatic rings. The number of amides is 1. The number of carbonyl (C=O) groups excluding carboxylic acids is 1. The first kappa shape index (κ1) is 19.7. The lowest BCUT2D eigenvalue weighted by Gasteiger charge is -2.51. The van der Waals surface area contributed by atoms with Crippen LogP contribution in [-0.2, 0) is 21.7 Å². The van der Waals surface area contributed by atoms with Crippen LogP contribution >= 0.6 is 0 Å². The number of rotatable bonds is 3. The minimum atomic E-state index is -1.74. The number of carbonyl (C=O) groups is 1. The summed E-state index contributed by atoms with van der Waals surface area (Å²) in [4.78, 5) is 14.2. The molecule has 8 heteroatoms. The number of nitrogens with zero attached hydrogens (tertiary/aromatic N) is 1. The van der Waals surface area contributed by atoms with Crippen molar-refractivity contribution in [2.75, 3.05) is 13.2 Å². The summed E-state index contributed by atoms with van der Waals surface area (Å²) in [6.45, 7) is 0.355. The first-order chi connectivity index (χ1) is 13.9. The summed E-state index contributed by atoms with van der Waals surface area (Å²) in [7, 11) is 0. The predicted octanol–water partition coefficient (Wildman–Crippen LogP) is 3.49. The second-order valence-electron chi connectivity index (χ2n) is 7.48. The molecule has 2 fully saturated rings. The van der Waals surface area contributed by atoms with E-state index in [-0.39, 0.29) is 38.2 Å². The van der Waals surface area contributed by atoms with Crippen molar-refractivity contribution < 1.29 is 32.5 Å². The Labute approximate surface area is 165 Å². The van der Waals surface area contributed by atoms with Gasteiger partial charge < -0.3 is 14.6 Å². The highest BCUT2D eigenvalue weighted by molar-refractivity contribution is 5.69. The molecule has 2 aliphatic heterocycles. The maximum absolute atomic E-state index is 14.3. The summed E-state index contributed by atoms with van der Waals surface area (Å²) >= 11 is 0. The topological polar surface area (TPSA) is 59.0 Å². The molecule has 154 valence electrons. The van der Waals surface area contributed by atoms with Gasteiger partial charge in [0, 0.05) is 24.5 Å². The molecule has 5 nitrogen and oxygen atoms in total. The van der Waals surface area contributed by atoms with Crippen LogP contribution in [0.2, 0.25) is 0 Å². The van der Waals surface area contributed by atoms with Crippen LogP contribution in [0.15, 0.2) is 42.5 Å². The minimum absolute atomic E-state index is 0.0775. The average Bonchev–Trinajstić information content (AvgIpc) is 2.69. The molecule has 29 heavy (non-hydrogen) atoms. The number of benzene rings is 2. The minimum Gasteiger partial charge on any atom is -0.445 e. The molecule has 2 bridgehead atoms. The van der Waals surface area contributed by atoms with Crippen LogP contribution in [0.4, 0.5) is 18.0 Å². The zero-order chi connectivity index (χ0) is 20.6. The van der Waals surface area contributed by atoms with Crippen LogP contribution in [-0.4, -0.2) is 41.4 Å². The number of hydrogen-bond donors (Lipinski definition) is 1. The van der Waals surface area contributed by atoms with E-state index < -0.39 is 41.2 Å². The molecular weight excluding hydrogens is 387 g/mol. The highest BCUT2D eigenvalue weighted by atomic mass is 19.2. The van der Waals surface area contributed by atoms with Crippen molar-refractivity contribution in [3.05, 3.63) is 71.0 Å². The lowest BCUT2D eigenvalue weighted by Crippen LogP contribution is -2.62. The lowest BCUT2D eigenvalue weighted by atomic mass is 9.76. The van der Waals surface area contributed by atoms with Gasteiger partial charge in [0.05, 0.1) is 30.9 Å². The normalized spacial score (nSPS) is 26.3. The summed E-state index contributed by atoms with van der Waals surface area (Å²) in [5.41, 5.74) is -1.22. The van der Waals surface area contributed by atoms with Crippen LogP contribution in [0.5, 0.6) is 0 Å². The fraction of sp³-hybridized carbons (Fsp3) is 0.381. The lowest BCUT2D eigenvalue weighted by molar-refractivity contribution is -0.138. The first-order valence-electron chi connectivity index (χ1n) is 9.31. The van der Waals surface area contributed by atoms with Gasteiger partial charge in [0.15, 0.2) is 11.6 Å². The predicted molar refractivity (Wildman–Crippen MR) is 96.3 cm³/mol. The van der Waals surface area contributed by atoms with Crippen LogP contribution in [0, 0.1) is 17.5 Å². The Morgan fingerprint density at radius 1 is 1.07 bits per heavy atom. The number of ether oxygens (including phenoxy) is 2. The molecule has 4 rings (SSSR count). The van der Waals surface area contributed by atoms with E-state index in [2.05, 4.69) is 0 Å². The molecular formula is C21H20F3NO4. The number of fused-ring (bicyclic) bond motifs is 2. The van der Waals surface area contributed by atoms with Crippen molar-refractivity contribution in [1.82, 2.24) is 4.90 Å². The summed E-state index contributed by atoms with van der Waals surface area (Å²) in [5, 5.41) is 11.1. The maximum Gasteiger partial charge on any atom is 0.410 e. The van der Waals surface area contributed by atoms with Crippen molar-refractivity contribution in [2.24, 2.45) is 0 Å². The third-order valence-electron chi connectivity index (χ3n) is 5.48. The molecule has 2 atom stereocenters. The monoisotopic (exact) mass is 407 g/mol. The van der Waals surface area contributed by atoms with E-state index in [0.29, 0.717) is 12.1 Å². The molecule has 0 radical (unpaired) electrons. The van der Waals surface area contributed by atoms with Gasteiger partial charge in [-0.3, -0.25) is 4.90 Å². The quantitative estimate of drug-likeness (QED) is 0.792. The van der Waals surface area contributed by atoms with Crippen LogP contribution < -0.4 is 0 Å². The third-order valence-corrected chi connectivity index (χ3v) is 5.48. The van der Waals surface area contributed by atoms with Gasteiger partial charge in [-0.25, -0.2) is 18.0 Å². The molecule has 0 spiro atoms.